The van der Waals surface area contributed by atoms with E-state index in [1.54, 1.807) is 4.90 Å². The highest BCUT2D eigenvalue weighted by Crippen LogP contribution is 2.19. The van der Waals surface area contributed by atoms with Gasteiger partial charge in [0, 0.05) is 44.9 Å². The second-order valence-electron chi connectivity index (χ2n) is 8.09. The normalized spacial score (nSPS) is 15.3. The SMILES string of the molecule is CC(C)[C@H](NC(=O)N1CCN(Cc2ccccc2)CC1)C(=O)Oc1ccc([N+](=O)[O-])cc1. The van der Waals surface area contributed by atoms with Crippen LogP contribution in [0.15, 0.2) is 54.6 Å². The fourth-order valence-electron chi connectivity index (χ4n) is 3.49. The van der Waals surface area contributed by atoms with E-state index in [4.69, 9.17) is 4.74 Å². The van der Waals surface area contributed by atoms with Gasteiger partial charge in [-0.1, -0.05) is 44.2 Å². The number of hydrogen-bond acceptors (Lipinski definition) is 6. The molecule has 32 heavy (non-hydrogen) atoms. The number of carbonyl (C=O) groups is 2. The Bertz CT molecular complexity index is 925. The van der Waals surface area contributed by atoms with Crippen molar-refractivity contribution in [1.29, 1.82) is 0 Å². The number of nitro groups is 1. The van der Waals surface area contributed by atoms with Crippen molar-refractivity contribution in [2.24, 2.45) is 5.92 Å². The number of carbonyl (C=O) groups excluding carboxylic acids is 2. The first kappa shape index (κ1) is 23.2. The zero-order valence-electron chi connectivity index (χ0n) is 18.3. The van der Waals surface area contributed by atoms with Gasteiger partial charge >= 0.3 is 12.0 Å². The Hall–Kier alpha value is -3.46. The predicted molar refractivity (Wildman–Crippen MR) is 119 cm³/mol. The molecule has 1 N–H and O–H groups in total. The first-order valence-corrected chi connectivity index (χ1v) is 10.6. The van der Waals surface area contributed by atoms with Crippen LogP contribution < -0.4 is 10.1 Å². The third kappa shape index (κ3) is 6.27. The fraction of sp³-hybridized carbons (Fsp3) is 0.391. The highest BCUT2D eigenvalue weighted by atomic mass is 16.6. The molecule has 1 aliphatic heterocycles. The summed E-state index contributed by atoms with van der Waals surface area (Å²) in [5.74, 6) is -0.608. The van der Waals surface area contributed by atoms with E-state index in [0.717, 1.165) is 19.6 Å². The van der Waals surface area contributed by atoms with E-state index >= 15 is 0 Å². The molecule has 2 aromatic rings. The number of ether oxygens (including phenoxy) is 1. The van der Waals surface area contributed by atoms with Crippen molar-refractivity contribution in [3.05, 3.63) is 70.3 Å². The molecule has 9 heteroatoms. The lowest BCUT2D eigenvalue weighted by atomic mass is 10.0. The monoisotopic (exact) mass is 440 g/mol. The maximum absolute atomic E-state index is 12.8. The van der Waals surface area contributed by atoms with Crippen LogP contribution in [0.1, 0.15) is 19.4 Å². The van der Waals surface area contributed by atoms with Gasteiger partial charge in [0.25, 0.3) is 5.69 Å². The molecule has 0 radical (unpaired) electrons. The van der Waals surface area contributed by atoms with Crippen molar-refractivity contribution >= 4 is 17.7 Å². The van der Waals surface area contributed by atoms with Gasteiger partial charge in [-0.3, -0.25) is 15.0 Å². The summed E-state index contributed by atoms with van der Waals surface area (Å²) in [5.41, 5.74) is 1.14. The lowest BCUT2D eigenvalue weighted by molar-refractivity contribution is -0.384. The minimum atomic E-state index is -0.833. The number of esters is 1. The average molecular weight is 441 g/mol. The molecule has 1 fully saturated rings. The third-order valence-corrected chi connectivity index (χ3v) is 5.37. The highest BCUT2D eigenvalue weighted by molar-refractivity contribution is 5.85. The molecule has 1 saturated heterocycles. The van der Waals surface area contributed by atoms with Crippen molar-refractivity contribution in [2.45, 2.75) is 26.4 Å². The number of nitrogens with zero attached hydrogens (tertiary/aromatic N) is 3. The summed E-state index contributed by atoms with van der Waals surface area (Å²) in [7, 11) is 0. The molecule has 1 aliphatic rings. The van der Waals surface area contributed by atoms with Gasteiger partial charge < -0.3 is 15.0 Å². The minimum absolute atomic E-state index is 0.0927. The van der Waals surface area contributed by atoms with Gasteiger partial charge in [-0.05, 0) is 23.6 Å². The largest absolute Gasteiger partial charge is 0.425 e. The van der Waals surface area contributed by atoms with Crippen LogP contribution in [0.4, 0.5) is 10.5 Å². The van der Waals surface area contributed by atoms with Crippen molar-refractivity contribution in [1.82, 2.24) is 15.1 Å². The van der Waals surface area contributed by atoms with Gasteiger partial charge in [0.1, 0.15) is 11.8 Å². The first-order valence-electron chi connectivity index (χ1n) is 10.6. The van der Waals surface area contributed by atoms with Crippen molar-refractivity contribution in [2.75, 3.05) is 26.2 Å². The van der Waals surface area contributed by atoms with Crippen LogP contribution in [0.2, 0.25) is 0 Å². The quantitative estimate of drug-likeness (QED) is 0.307. The van der Waals surface area contributed by atoms with Crippen LogP contribution in [0.25, 0.3) is 0 Å². The summed E-state index contributed by atoms with van der Waals surface area (Å²) >= 11 is 0. The molecule has 0 spiro atoms. The molecule has 0 bridgehead atoms. The average Bonchev–Trinajstić information content (AvgIpc) is 2.78. The number of piperazine rings is 1. The van der Waals surface area contributed by atoms with Crippen LogP contribution in [-0.2, 0) is 11.3 Å². The Morgan fingerprint density at radius 2 is 1.66 bits per heavy atom. The van der Waals surface area contributed by atoms with Gasteiger partial charge in [-0.2, -0.15) is 0 Å². The Balaban J connectivity index is 1.52. The van der Waals surface area contributed by atoms with E-state index in [9.17, 15) is 19.7 Å². The van der Waals surface area contributed by atoms with E-state index in [1.165, 1.54) is 29.8 Å². The second kappa shape index (κ2) is 10.7. The lowest BCUT2D eigenvalue weighted by Gasteiger charge is -2.35. The third-order valence-electron chi connectivity index (χ3n) is 5.37. The number of amides is 2. The van der Waals surface area contributed by atoms with Crippen LogP contribution in [0.5, 0.6) is 5.75 Å². The van der Waals surface area contributed by atoms with Gasteiger partial charge in [0.05, 0.1) is 4.92 Å². The molecule has 1 heterocycles. The summed E-state index contributed by atoms with van der Waals surface area (Å²) in [6, 6.07) is 14.3. The summed E-state index contributed by atoms with van der Waals surface area (Å²) < 4.78 is 5.34. The molecule has 0 saturated carbocycles. The molecular formula is C23H28N4O5. The summed E-state index contributed by atoms with van der Waals surface area (Å²) in [6.45, 7) is 7.12. The summed E-state index contributed by atoms with van der Waals surface area (Å²) in [4.78, 5) is 39.6. The highest BCUT2D eigenvalue weighted by Gasteiger charge is 2.29. The van der Waals surface area contributed by atoms with Gasteiger partial charge in [0.15, 0.2) is 0 Å². The van der Waals surface area contributed by atoms with E-state index in [2.05, 4.69) is 22.3 Å². The zero-order chi connectivity index (χ0) is 23.1. The standard InChI is InChI=1S/C23H28N4O5/c1-17(2)21(22(28)32-20-10-8-19(9-11-20)27(30)31)24-23(29)26-14-12-25(13-15-26)16-18-6-4-3-5-7-18/h3-11,17,21H,12-16H2,1-2H3,(H,24,29)/t21-/m0/s1. The Labute approximate surface area is 187 Å². The van der Waals surface area contributed by atoms with E-state index in [0.29, 0.717) is 13.1 Å². The number of non-ortho nitro benzene ring substituents is 1. The maximum atomic E-state index is 12.8. The van der Waals surface area contributed by atoms with E-state index in [1.807, 2.05) is 32.0 Å². The number of nitrogens with one attached hydrogen (secondary N) is 1. The molecule has 2 amide bonds. The zero-order valence-corrected chi connectivity index (χ0v) is 18.3. The van der Waals surface area contributed by atoms with Crippen molar-refractivity contribution < 1.29 is 19.2 Å². The molecule has 3 rings (SSSR count). The Morgan fingerprint density at radius 3 is 2.22 bits per heavy atom. The smallest absolute Gasteiger partial charge is 0.334 e. The van der Waals surface area contributed by atoms with Crippen LogP contribution >= 0.6 is 0 Å². The summed E-state index contributed by atoms with van der Waals surface area (Å²) in [5, 5.41) is 13.5. The van der Waals surface area contributed by atoms with Crippen LogP contribution in [0, 0.1) is 16.0 Å². The first-order chi connectivity index (χ1) is 15.3. The molecule has 0 aromatic heterocycles. The molecule has 0 aliphatic carbocycles. The molecular weight excluding hydrogens is 412 g/mol. The van der Waals surface area contributed by atoms with E-state index < -0.39 is 16.9 Å². The molecule has 1 atom stereocenters. The number of nitro benzene ring substituents is 1. The molecule has 9 nitrogen and oxygen atoms in total. The topological polar surface area (TPSA) is 105 Å². The number of urea groups is 1. The fourth-order valence-corrected chi connectivity index (χ4v) is 3.49. The Kier molecular flexibility index (Phi) is 7.77. The number of rotatable bonds is 7. The maximum Gasteiger partial charge on any atom is 0.334 e. The Morgan fingerprint density at radius 1 is 1.03 bits per heavy atom. The predicted octanol–water partition coefficient (Wildman–Crippen LogP) is 3.05. The second-order valence-corrected chi connectivity index (χ2v) is 8.09. The van der Waals surface area contributed by atoms with Gasteiger partial charge in [-0.15, -0.1) is 0 Å². The van der Waals surface area contributed by atoms with Crippen molar-refractivity contribution in [3.8, 4) is 5.75 Å². The molecule has 170 valence electrons. The van der Waals surface area contributed by atoms with Crippen LogP contribution in [0.3, 0.4) is 0 Å². The van der Waals surface area contributed by atoms with Crippen molar-refractivity contribution in [3.63, 3.8) is 0 Å². The summed E-state index contributed by atoms with van der Waals surface area (Å²) in [6.07, 6.45) is 0. The van der Waals surface area contributed by atoms with Crippen LogP contribution in [-0.4, -0.2) is 58.9 Å². The number of hydrogen-bond donors (Lipinski definition) is 1. The lowest BCUT2D eigenvalue weighted by Crippen LogP contribution is -2.56. The molecule has 2 aromatic carbocycles. The minimum Gasteiger partial charge on any atom is -0.425 e. The number of benzene rings is 2. The van der Waals surface area contributed by atoms with Gasteiger partial charge in [-0.25, -0.2) is 9.59 Å². The van der Waals surface area contributed by atoms with E-state index in [-0.39, 0.29) is 23.4 Å². The van der Waals surface area contributed by atoms with Gasteiger partial charge in [0.2, 0.25) is 0 Å². The molecule has 0 unspecified atom stereocenters.